The van der Waals surface area contributed by atoms with E-state index in [-0.39, 0.29) is 17.7 Å². The van der Waals surface area contributed by atoms with E-state index in [2.05, 4.69) is 5.32 Å². The van der Waals surface area contributed by atoms with Crippen molar-refractivity contribution in [2.45, 2.75) is 25.2 Å². The highest BCUT2D eigenvalue weighted by Crippen LogP contribution is 2.27. The third-order valence-corrected chi connectivity index (χ3v) is 5.30. The van der Waals surface area contributed by atoms with Crippen LogP contribution >= 0.6 is 0 Å². The van der Waals surface area contributed by atoms with Crippen molar-refractivity contribution in [3.8, 4) is 0 Å². The van der Waals surface area contributed by atoms with Gasteiger partial charge in [0.25, 0.3) is 0 Å². The lowest BCUT2D eigenvalue weighted by molar-refractivity contribution is -0.119. The van der Waals surface area contributed by atoms with Crippen LogP contribution in [-0.2, 0) is 9.59 Å². The lowest BCUT2D eigenvalue weighted by atomic mass is 9.90. The molecule has 29 heavy (non-hydrogen) atoms. The Hall–Kier alpha value is -3.40. The minimum atomic E-state index is -0.388. The molecule has 0 atom stereocenters. The van der Waals surface area contributed by atoms with Gasteiger partial charge < -0.3 is 10.2 Å². The van der Waals surface area contributed by atoms with Crippen molar-refractivity contribution < 1.29 is 9.59 Å². The standard InChI is InChI=1S/C25H24N2O2/c28-23-13-7-8-18-27(23)22-16-14-21(15-17-22)26-25(29)24(19-9-3-1-4-10-19)20-11-5-2-6-12-20/h1-6,9-12,14-17,24H,7-8,13,18H2,(H,26,29). The summed E-state index contributed by atoms with van der Waals surface area (Å²) >= 11 is 0. The molecule has 1 fully saturated rings. The zero-order chi connectivity index (χ0) is 20.1. The van der Waals surface area contributed by atoms with E-state index in [0.29, 0.717) is 6.42 Å². The molecular formula is C25H24N2O2. The highest BCUT2D eigenvalue weighted by Gasteiger charge is 2.23. The summed E-state index contributed by atoms with van der Waals surface area (Å²) in [6.07, 6.45) is 2.60. The van der Waals surface area contributed by atoms with Gasteiger partial charge in [-0.1, -0.05) is 60.7 Å². The molecule has 4 heteroatoms. The molecule has 0 unspecified atom stereocenters. The number of hydrogen-bond donors (Lipinski definition) is 1. The molecule has 4 rings (SSSR count). The first-order valence-electron chi connectivity index (χ1n) is 10.0. The quantitative estimate of drug-likeness (QED) is 0.675. The maximum Gasteiger partial charge on any atom is 0.236 e. The first kappa shape index (κ1) is 18.9. The molecule has 0 aliphatic carbocycles. The van der Waals surface area contributed by atoms with E-state index in [1.165, 1.54) is 0 Å². The average molecular weight is 384 g/mol. The Labute approximate surface area is 171 Å². The normalized spacial score (nSPS) is 14.1. The number of nitrogens with zero attached hydrogens (tertiary/aromatic N) is 1. The molecule has 146 valence electrons. The molecule has 1 heterocycles. The third kappa shape index (κ3) is 4.37. The van der Waals surface area contributed by atoms with Gasteiger partial charge in [-0.05, 0) is 48.2 Å². The molecule has 1 saturated heterocycles. The summed E-state index contributed by atoms with van der Waals surface area (Å²) in [6, 6.07) is 27.1. The van der Waals surface area contributed by atoms with Gasteiger partial charge in [-0.3, -0.25) is 9.59 Å². The summed E-state index contributed by atoms with van der Waals surface area (Å²) in [4.78, 5) is 27.1. The molecule has 2 amide bonds. The van der Waals surface area contributed by atoms with E-state index in [1.54, 1.807) is 0 Å². The van der Waals surface area contributed by atoms with Crippen molar-refractivity contribution in [2.75, 3.05) is 16.8 Å². The number of amides is 2. The number of nitrogens with one attached hydrogen (secondary N) is 1. The second kappa shape index (κ2) is 8.74. The van der Waals surface area contributed by atoms with Crippen LogP contribution in [0.5, 0.6) is 0 Å². The van der Waals surface area contributed by atoms with Crippen LogP contribution < -0.4 is 10.2 Å². The predicted molar refractivity (Wildman–Crippen MR) is 116 cm³/mol. The third-order valence-electron chi connectivity index (χ3n) is 5.30. The SMILES string of the molecule is O=C(Nc1ccc(N2CCCCC2=O)cc1)C(c1ccccc1)c1ccccc1. The predicted octanol–water partition coefficient (Wildman–Crippen LogP) is 4.97. The smallest absolute Gasteiger partial charge is 0.236 e. The fourth-order valence-corrected chi connectivity index (χ4v) is 3.80. The molecule has 4 nitrogen and oxygen atoms in total. The van der Waals surface area contributed by atoms with Gasteiger partial charge in [-0.2, -0.15) is 0 Å². The molecule has 0 aromatic heterocycles. The number of anilines is 2. The summed E-state index contributed by atoms with van der Waals surface area (Å²) in [5.74, 6) is -0.300. The van der Waals surface area contributed by atoms with Gasteiger partial charge in [0.1, 0.15) is 0 Å². The lowest BCUT2D eigenvalue weighted by Crippen LogP contribution is -2.35. The fourth-order valence-electron chi connectivity index (χ4n) is 3.80. The van der Waals surface area contributed by atoms with Gasteiger partial charge in [0.05, 0.1) is 5.92 Å². The largest absolute Gasteiger partial charge is 0.325 e. The number of hydrogen-bond acceptors (Lipinski definition) is 2. The number of rotatable bonds is 5. The van der Waals surface area contributed by atoms with Crippen LogP contribution in [0.25, 0.3) is 0 Å². The van der Waals surface area contributed by atoms with Gasteiger partial charge >= 0.3 is 0 Å². The summed E-state index contributed by atoms with van der Waals surface area (Å²) in [5, 5.41) is 3.04. The molecule has 1 aliphatic heterocycles. The second-order valence-electron chi connectivity index (χ2n) is 7.29. The summed E-state index contributed by atoms with van der Waals surface area (Å²) in [5.41, 5.74) is 3.51. The molecule has 0 radical (unpaired) electrons. The number of benzene rings is 3. The molecule has 0 spiro atoms. The van der Waals surface area contributed by atoms with Crippen LogP contribution in [0.15, 0.2) is 84.9 Å². The Morgan fingerprint density at radius 1 is 0.793 bits per heavy atom. The Morgan fingerprint density at radius 3 is 1.93 bits per heavy atom. The Kier molecular flexibility index (Phi) is 5.71. The number of piperidine rings is 1. The van der Waals surface area contributed by atoms with E-state index < -0.39 is 0 Å². The van der Waals surface area contributed by atoms with E-state index in [4.69, 9.17) is 0 Å². The van der Waals surface area contributed by atoms with Gasteiger partial charge in [0, 0.05) is 24.3 Å². The monoisotopic (exact) mass is 384 g/mol. The van der Waals surface area contributed by atoms with Crippen LogP contribution in [0.1, 0.15) is 36.3 Å². The van der Waals surface area contributed by atoms with Crippen LogP contribution in [0.4, 0.5) is 11.4 Å². The molecule has 3 aromatic rings. The molecule has 0 bridgehead atoms. The molecule has 1 aliphatic rings. The Balaban J connectivity index is 1.54. The first-order valence-corrected chi connectivity index (χ1v) is 10.0. The van der Waals surface area contributed by atoms with E-state index in [0.717, 1.165) is 41.9 Å². The van der Waals surface area contributed by atoms with Crippen LogP contribution in [-0.4, -0.2) is 18.4 Å². The summed E-state index contributed by atoms with van der Waals surface area (Å²) in [7, 11) is 0. The van der Waals surface area contributed by atoms with Crippen LogP contribution in [0, 0.1) is 0 Å². The van der Waals surface area contributed by atoms with Crippen molar-refractivity contribution in [3.05, 3.63) is 96.1 Å². The van der Waals surface area contributed by atoms with E-state index >= 15 is 0 Å². The van der Waals surface area contributed by atoms with Gasteiger partial charge in [-0.15, -0.1) is 0 Å². The topological polar surface area (TPSA) is 49.4 Å². The van der Waals surface area contributed by atoms with Crippen molar-refractivity contribution >= 4 is 23.2 Å². The minimum Gasteiger partial charge on any atom is -0.325 e. The number of carbonyl (C=O) groups is 2. The van der Waals surface area contributed by atoms with Crippen LogP contribution in [0.3, 0.4) is 0 Å². The maximum absolute atomic E-state index is 13.2. The number of carbonyl (C=O) groups excluding carboxylic acids is 2. The maximum atomic E-state index is 13.2. The minimum absolute atomic E-state index is 0.0794. The lowest BCUT2D eigenvalue weighted by Gasteiger charge is -2.27. The van der Waals surface area contributed by atoms with Crippen molar-refractivity contribution in [2.24, 2.45) is 0 Å². The summed E-state index contributed by atoms with van der Waals surface area (Å²) in [6.45, 7) is 0.759. The summed E-state index contributed by atoms with van der Waals surface area (Å²) < 4.78 is 0. The Bertz CT molecular complexity index is 929. The molecule has 0 saturated carbocycles. The molecule has 3 aromatic carbocycles. The van der Waals surface area contributed by atoms with Crippen LogP contribution in [0.2, 0.25) is 0 Å². The van der Waals surface area contributed by atoms with Gasteiger partial charge in [0.15, 0.2) is 0 Å². The first-order chi connectivity index (χ1) is 14.2. The zero-order valence-electron chi connectivity index (χ0n) is 16.3. The molecular weight excluding hydrogens is 360 g/mol. The fraction of sp³-hybridized carbons (Fsp3) is 0.200. The highest BCUT2D eigenvalue weighted by atomic mass is 16.2. The zero-order valence-corrected chi connectivity index (χ0v) is 16.3. The van der Waals surface area contributed by atoms with Gasteiger partial charge in [-0.25, -0.2) is 0 Å². The van der Waals surface area contributed by atoms with E-state index in [9.17, 15) is 9.59 Å². The average Bonchev–Trinajstić information content (AvgIpc) is 2.76. The van der Waals surface area contributed by atoms with Crippen molar-refractivity contribution in [1.82, 2.24) is 0 Å². The molecule has 1 N–H and O–H groups in total. The Morgan fingerprint density at radius 2 is 1.38 bits per heavy atom. The van der Waals surface area contributed by atoms with Gasteiger partial charge in [0.2, 0.25) is 11.8 Å². The highest BCUT2D eigenvalue weighted by molar-refractivity contribution is 5.99. The second-order valence-corrected chi connectivity index (χ2v) is 7.29. The van der Waals surface area contributed by atoms with E-state index in [1.807, 2.05) is 89.8 Å². The van der Waals surface area contributed by atoms with Crippen molar-refractivity contribution in [1.29, 1.82) is 0 Å². The van der Waals surface area contributed by atoms with Crippen molar-refractivity contribution in [3.63, 3.8) is 0 Å².